The zero-order valence-electron chi connectivity index (χ0n) is 8.74. The molecule has 1 atom stereocenters. The minimum atomic E-state index is 0.318. The summed E-state index contributed by atoms with van der Waals surface area (Å²) in [6.07, 6.45) is 0.984. The Hall–Kier alpha value is -1.56. The Morgan fingerprint density at radius 2 is 2.29 bits per heavy atom. The average Bonchev–Trinajstić information content (AvgIpc) is 2.27. The summed E-state index contributed by atoms with van der Waals surface area (Å²) in [6, 6.07) is 5.50. The molecule has 0 aliphatic carbocycles. The van der Waals surface area contributed by atoms with Crippen molar-refractivity contribution in [1.29, 1.82) is 5.26 Å². The molecule has 0 bridgehead atoms. The molecule has 1 rings (SSSR count). The summed E-state index contributed by atoms with van der Waals surface area (Å²) in [6.45, 7) is 4.16. The fourth-order valence-corrected chi connectivity index (χ4v) is 1.24. The molecule has 3 heteroatoms. The van der Waals surface area contributed by atoms with Gasteiger partial charge >= 0.3 is 0 Å². The van der Waals surface area contributed by atoms with E-state index in [0.29, 0.717) is 11.6 Å². The second kappa shape index (κ2) is 4.61. The lowest BCUT2D eigenvalue weighted by Crippen LogP contribution is -2.01. The zero-order chi connectivity index (χ0) is 10.6. The summed E-state index contributed by atoms with van der Waals surface area (Å²) in [7, 11) is 1.62. The smallest absolute Gasteiger partial charge is 0.141 e. The standard InChI is InChI=1S/C11H14N2O/c1-4-8(2)11-10(14-3)6-5-9(7-12)13-11/h5-6,8H,4H2,1-3H3. The number of hydrogen-bond donors (Lipinski definition) is 0. The van der Waals surface area contributed by atoms with Crippen molar-refractivity contribution in [1.82, 2.24) is 4.98 Å². The van der Waals surface area contributed by atoms with Crippen LogP contribution in [0.2, 0.25) is 0 Å². The molecule has 0 amide bonds. The molecule has 74 valence electrons. The molecule has 0 N–H and O–H groups in total. The summed E-state index contributed by atoms with van der Waals surface area (Å²) in [5.74, 6) is 1.08. The minimum Gasteiger partial charge on any atom is -0.495 e. The van der Waals surface area contributed by atoms with Gasteiger partial charge in [-0.25, -0.2) is 4.98 Å². The van der Waals surface area contributed by atoms with E-state index in [-0.39, 0.29) is 0 Å². The van der Waals surface area contributed by atoms with E-state index >= 15 is 0 Å². The predicted molar refractivity (Wildman–Crippen MR) is 54.2 cm³/mol. The van der Waals surface area contributed by atoms with Crippen molar-refractivity contribution < 1.29 is 4.74 Å². The monoisotopic (exact) mass is 190 g/mol. The SMILES string of the molecule is CCC(C)c1nc(C#N)ccc1OC. The van der Waals surface area contributed by atoms with Crippen molar-refractivity contribution in [3.05, 3.63) is 23.5 Å². The molecule has 1 aromatic heterocycles. The van der Waals surface area contributed by atoms with E-state index in [2.05, 4.69) is 18.8 Å². The highest BCUT2D eigenvalue weighted by molar-refractivity contribution is 5.35. The van der Waals surface area contributed by atoms with Gasteiger partial charge in [0.05, 0.1) is 12.8 Å². The molecule has 0 radical (unpaired) electrons. The number of nitrogens with zero attached hydrogens (tertiary/aromatic N) is 2. The Kier molecular flexibility index (Phi) is 3.47. The van der Waals surface area contributed by atoms with Crippen molar-refractivity contribution in [2.24, 2.45) is 0 Å². The maximum Gasteiger partial charge on any atom is 0.141 e. The first-order chi connectivity index (χ1) is 6.72. The third-order valence-electron chi connectivity index (χ3n) is 2.30. The molecular weight excluding hydrogens is 176 g/mol. The van der Waals surface area contributed by atoms with Crippen LogP contribution in [0.1, 0.15) is 37.6 Å². The summed E-state index contributed by atoms with van der Waals surface area (Å²) in [4.78, 5) is 4.25. The van der Waals surface area contributed by atoms with Crippen molar-refractivity contribution in [3.8, 4) is 11.8 Å². The van der Waals surface area contributed by atoms with Crippen molar-refractivity contribution in [2.45, 2.75) is 26.2 Å². The number of nitriles is 1. The van der Waals surface area contributed by atoms with Crippen LogP contribution >= 0.6 is 0 Å². The van der Waals surface area contributed by atoms with Crippen LogP contribution < -0.4 is 4.74 Å². The van der Waals surface area contributed by atoms with Gasteiger partial charge in [-0.3, -0.25) is 0 Å². The van der Waals surface area contributed by atoms with Gasteiger partial charge in [0, 0.05) is 5.92 Å². The van der Waals surface area contributed by atoms with Gasteiger partial charge in [-0.1, -0.05) is 13.8 Å². The summed E-state index contributed by atoms with van der Waals surface area (Å²) in [5.41, 5.74) is 1.31. The lowest BCUT2D eigenvalue weighted by molar-refractivity contribution is 0.402. The Morgan fingerprint density at radius 1 is 1.57 bits per heavy atom. The van der Waals surface area contributed by atoms with E-state index in [1.54, 1.807) is 19.2 Å². The van der Waals surface area contributed by atoms with Gasteiger partial charge in [0.2, 0.25) is 0 Å². The Balaban J connectivity index is 3.16. The predicted octanol–water partition coefficient (Wildman–Crippen LogP) is 2.48. The van der Waals surface area contributed by atoms with Crippen LogP contribution in [0.4, 0.5) is 0 Å². The van der Waals surface area contributed by atoms with Gasteiger partial charge in [0.15, 0.2) is 0 Å². The van der Waals surface area contributed by atoms with Crippen LogP contribution in [0, 0.1) is 11.3 Å². The molecule has 1 heterocycles. The Labute approximate surface area is 84.3 Å². The number of aromatic nitrogens is 1. The third-order valence-corrected chi connectivity index (χ3v) is 2.30. The quantitative estimate of drug-likeness (QED) is 0.735. The third kappa shape index (κ3) is 2.02. The van der Waals surface area contributed by atoms with Gasteiger partial charge in [-0.15, -0.1) is 0 Å². The molecule has 0 aliphatic heterocycles. The van der Waals surface area contributed by atoms with Crippen LogP contribution in [0.15, 0.2) is 12.1 Å². The molecule has 0 saturated heterocycles. The van der Waals surface area contributed by atoms with Crippen molar-refractivity contribution >= 4 is 0 Å². The van der Waals surface area contributed by atoms with Gasteiger partial charge < -0.3 is 4.74 Å². The summed E-state index contributed by atoms with van der Waals surface area (Å²) in [5, 5.41) is 8.73. The van der Waals surface area contributed by atoms with Gasteiger partial charge in [-0.05, 0) is 18.6 Å². The van der Waals surface area contributed by atoms with E-state index in [1.165, 1.54) is 0 Å². The first kappa shape index (κ1) is 10.5. The molecule has 0 spiro atoms. The van der Waals surface area contributed by atoms with Crippen LogP contribution in [0.5, 0.6) is 5.75 Å². The largest absolute Gasteiger partial charge is 0.495 e. The van der Waals surface area contributed by atoms with Crippen LogP contribution in [-0.4, -0.2) is 12.1 Å². The van der Waals surface area contributed by atoms with Gasteiger partial charge in [0.1, 0.15) is 17.5 Å². The highest BCUT2D eigenvalue weighted by Gasteiger charge is 2.12. The maximum absolute atomic E-state index is 8.73. The van der Waals surface area contributed by atoms with Gasteiger partial charge in [0.25, 0.3) is 0 Å². The number of methoxy groups -OCH3 is 1. The van der Waals surface area contributed by atoms with Crippen LogP contribution in [0.25, 0.3) is 0 Å². The zero-order valence-corrected chi connectivity index (χ0v) is 8.74. The first-order valence-corrected chi connectivity index (χ1v) is 4.68. The fourth-order valence-electron chi connectivity index (χ4n) is 1.24. The topological polar surface area (TPSA) is 45.9 Å². The molecule has 3 nitrogen and oxygen atoms in total. The highest BCUT2D eigenvalue weighted by atomic mass is 16.5. The van der Waals surface area contributed by atoms with Crippen LogP contribution in [0.3, 0.4) is 0 Å². The lowest BCUT2D eigenvalue weighted by atomic mass is 10.0. The maximum atomic E-state index is 8.73. The normalized spacial score (nSPS) is 11.9. The number of pyridine rings is 1. The Morgan fingerprint density at radius 3 is 2.79 bits per heavy atom. The molecule has 1 unspecified atom stereocenters. The molecule has 0 aromatic carbocycles. The van der Waals surface area contributed by atoms with E-state index < -0.39 is 0 Å². The van der Waals surface area contributed by atoms with E-state index in [9.17, 15) is 0 Å². The van der Waals surface area contributed by atoms with Crippen LogP contribution in [-0.2, 0) is 0 Å². The number of hydrogen-bond acceptors (Lipinski definition) is 3. The second-order valence-corrected chi connectivity index (χ2v) is 3.21. The van der Waals surface area contributed by atoms with Crippen molar-refractivity contribution in [3.63, 3.8) is 0 Å². The Bertz CT molecular complexity index is 355. The molecule has 0 fully saturated rings. The highest BCUT2D eigenvalue weighted by Crippen LogP contribution is 2.26. The summed E-state index contributed by atoms with van der Waals surface area (Å²) >= 11 is 0. The van der Waals surface area contributed by atoms with E-state index in [1.807, 2.05) is 6.07 Å². The van der Waals surface area contributed by atoms with Crippen molar-refractivity contribution in [2.75, 3.05) is 7.11 Å². The van der Waals surface area contributed by atoms with E-state index in [4.69, 9.17) is 10.00 Å². The lowest BCUT2D eigenvalue weighted by Gasteiger charge is -2.12. The first-order valence-electron chi connectivity index (χ1n) is 4.68. The fraction of sp³-hybridized carbons (Fsp3) is 0.455. The van der Waals surface area contributed by atoms with Gasteiger partial charge in [-0.2, -0.15) is 5.26 Å². The molecule has 1 aromatic rings. The number of ether oxygens (including phenoxy) is 1. The van der Waals surface area contributed by atoms with E-state index in [0.717, 1.165) is 17.9 Å². The molecule has 0 saturated carbocycles. The molecule has 14 heavy (non-hydrogen) atoms. The molecular formula is C11H14N2O. The average molecular weight is 190 g/mol. The second-order valence-electron chi connectivity index (χ2n) is 3.21. The number of rotatable bonds is 3. The molecule has 0 aliphatic rings. The summed E-state index contributed by atoms with van der Waals surface area (Å²) < 4.78 is 5.20. The minimum absolute atomic E-state index is 0.318.